The summed E-state index contributed by atoms with van der Waals surface area (Å²) in [6.45, 7) is 1.37. The van der Waals surface area contributed by atoms with Crippen LogP contribution < -0.4 is 5.32 Å². The Labute approximate surface area is 92.7 Å². The number of hydrogen-bond acceptors (Lipinski definition) is 3. The van der Waals surface area contributed by atoms with E-state index in [1.807, 2.05) is 0 Å². The summed E-state index contributed by atoms with van der Waals surface area (Å²) in [6.07, 6.45) is 0. The SMILES string of the molecule is Cc1cc(C(=O)NCC(=O)O)n(C)n1.Cl. The summed E-state index contributed by atoms with van der Waals surface area (Å²) < 4.78 is 1.41. The largest absolute Gasteiger partial charge is 0.480 e. The third kappa shape index (κ3) is 3.59. The molecule has 6 nitrogen and oxygen atoms in total. The molecule has 2 N–H and O–H groups in total. The molecule has 0 aliphatic carbocycles. The number of carbonyl (C=O) groups excluding carboxylic acids is 1. The fourth-order valence-corrected chi connectivity index (χ4v) is 1.07. The van der Waals surface area contributed by atoms with E-state index in [-0.39, 0.29) is 19.0 Å². The van der Waals surface area contributed by atoms with E-state index in [0.717, 1.165) is 0 Å². The van der Waals surface area contributed by atoms with Crippen molar-refractivity contribution in [1.29, 1.82) is 0 Å². The van der Waals surface area contributed by atoms with Crippen LogP contribution in [0.3, 0.4) is 0 Å². The Morgan fingerprint density at radius 3 is 2.60 bits per heavy atom. The lowest BCUT2D eigenvalue weighted by molar-refractivity contribution is -0.135. The molecule has 15 heavy (non-hydrogen) atoms. The van der Waals surface area contributed by atoms with Gasteiger partial charge in [0.05, 0.1) is 5.69 Å². The maximum Gasteiger partial charge on any atom is 0.322 e. The number of rotatable bonds is 3. The third-order valence-corrected chi connectivity index (χ3v) is 1.63. The number of nitrogens with zero attached hydrogens (tertiary/aromatic N) is 2. The molecule has 0 saturated heterocycles. The first-order chi connectivity index (χ1) is 6.50. The maximum absolute atomic E-state index is 11.3. The summed E-state index contributed by atoms with van der Waals surface area (Å²) in [4.78, 5) is 21.5. The molecule has 0 aliphatic rings. The van der Waals surface area contributed by atoms with E-state index in [9.17, 15) is 9.59 Å². The van der Waals surface area contributed by atoms with Crippen LogP contribution in [-0.4, -0.2) is 33.3 Å². The summed E-state index contributed by atoms with van der Waals surface area (Å²) >= 11 is 0. The van der Waals surface area contributed by atoms with E-state index < -0.39 is 11.9 Å². The second-order valence-corrected chi connectivity index (χ2v) is 2.87. The molecule has 1 aromatic rings. The van der Waals surface area contributed by atoms with Crippen LogP contribution in [0.1, 0.15) is 16.2 Å². The first-order valence-corrected chi connectivity index (χ1v) is 4.01. The van der Waals surface area contributed by atoms with Crippen LogP contribution in [0.15, 0.2) is 6.07 Å². The minimum absolute atomic E-state index is 0. The predicted octanol–water partition coefficient (Wildman–Crippen LogP) is -0.0353. The topological polar surface area (TPSA) is 84.2 Å². The Hall–Kier alpha value is -1.56. The van der Waals surface area contributed by atoms with Crippen molar-refractivity contribution in [3.05, 3.63) is 17.5 Å². The third-order valence-electron chi connectivity index (χ3n) is 1.63. The molecular weight excluding hydrogens is 222 g/mol. The molecule has 7 heteroatoms. The zero-order valence-electron chi connectivity index (χ0n) is 8.35. The first-order valence-electron chi connectivity index (χ1n) is 4.01. The van der Waals surface area contributed by atoms with Crippen LogP contribution in [0, 0.1) is 6.92 Å². The lowest BCUT2D eigenvalue weighted by Gasteiger charge is -2.01. The number of carbonyl (C=O) groups is 2. The molecule has 0 bridgehead atoms. The van der Waals surface area contributed by atoms with Gasteiger partial charge in [0.25, 0.3) is 5.91 Å². The van der Waals surface area contributed by atoms with E-state index in [2.05, 4.69) is 10.4 Å². The van der Waals surface area contributed by atoms with Gasteiger partial charge in [0.1, 0.15) is 12.2 Å². The van der Waals surface area contributed by atoms with Crippen molar-refractivity contribution in [3.63, 3.8) is 0 Å². The van der Waals surface area contributed by atoms with Gasteiger partial charge in [0, 0.05) is 7.05 Å². The molecule has 0 atom stereocenters. The van der Waals surface area contributed by atoms with E-state index in [0.29, 0.717) is 11.4 Å². The second kappa shape index (κ2) is 5.35. The molecule has 0 radical (unpaired) electrons. The van der Waals surface area contributed by atoms with Gasteiger partial charge in [0.2, 0.25) is 0 Å². The smallest absolute Gasteiger partial charge is 0.322 e. The zero-order chi connectivity index (χ0) is 10.7. The van der Waals surface area contributed by atoms with E-state index in [1.54, 1.807) is 20.0 Å². The predicted molar refractivity (Wildman–Crippen MR) is 55.2 cm³/mol. The van der Waals surface area contributed by atoms with Crippen molar-refractivity contribution in [2.75, 3.05) is 6.54 Å². The van der Waals surface area contributed by atoms with Crippen LogP contribution >= 0.6 is 12.4 Å². The van der Waals surface area contributed by atoms with Crippen molar-refractivity contribution in [1.82, 2.24) is 15.1 Å². The summed E-state index contributed by atoms with van der Waals surface area (Å²) in [5.74, 6) is -1.51. The van der Waals surface area contributed by atoms with Gasteiger partial charge in [-0.1, -0.05) is 0 Å². The molecule has 0 unspecified atom stereocenters. The highest BCUT2D eigenvalue weighted by molar-refractivity contribution is 5.94. The number of aryl methyl sites for hydroxylation is 2. The molecule has 0 spiro atoms. The molecule has 1 rings (SSSR count). The van der Waals surface area contributed by atoms with Crippen molar-refractivity contribution in [3.8, 4) is 0 Å². The number of aromatic nitrogens is 2. The second-order valence-electron chi connectivity index (χ2n) is 2.87. The quantitative estimate of drug-likeness (QED) is 0.768. The standard InChI is InChI=1S/C8H11N3O3.ClH/c1-5-3-6(11(2)10-5)8(14)9-4-7(12)13;/h3H,4H2,1-2H3,(H,9,14)(H,12,13);1H. The lowest BCUT2D eigenvalue weighted by atomic mass is 10.3. The molecule has 0 aromatic carbocycles. The number of nitrogens with one attached hydrogen (secondary N) is 1. The van der Waals surface area contributed by atoms with Gasteiger partial charge in [-0.2, -0.15) is 5.10 Å². The average Bonchev–Trinajstić information content (AvgIpc) is 2.41. The van der Waals surface area contributed by atoms with Crippen LogP contribution in [0.4, 0.5) is 0 Å². The number of halogens is 1. The highest BCUT2D eigenvalue weighted by Crippen LogP contribution is 2.00. The fraction of sp³-hybridized carbons (Fsp3) is 0.375. The van der Waals surface area contributed by atoms with E-state index in [4.69, 9.17) is 5.11 Å². The summed E-state index contributed by atoms with van der Waals surface area (Å²) in [5.41, 5.74) is 1.07. The summed E-state index contributed by atoms with van der Waals surface area (Å²) in [6, 6.07) is 1.59. The van der Waals surface area contributed by atoms with E-state index >= 15 is 0 Å². The van der Waals surface area contributed by atoms with Crippen LogP contribution in [0.5, 0.6) is 0 Å². The first kappa shape index (κ1) is 13.4. The Morgan fingerprint density at radius 2 is 2.20 bits per heavy atom. The number of amides is 1. The summed E-state index contributed by atoms with van der Waals surface area (Å²) in [5, 5.41) is 14.6. The van der Waals surface area contributed by atoms with Gasteiger partial charge in [-0.05, 0) is 13.0 Å². The highest BCUT2D eigenvalue weighted by atomic mass is 35.5. The van der Waals surface area contributed by atoms with Crippen molar-refractivity contribution < 1.29 is 14.7 Å². The Morgan fingerprint density at radius 1 is 1.60 bits per heavy atom. The fourth-order valence-electron chi connectivity index (χ4n) is 1.07. The molecule has 1 amide bonds. The maximum atomic E-state index is 11.3. The van der Waals surface area contributed by atoms with Gasteiger partial charge < -0.3 is 10.4 Å². The minimum atomic E-state index is -1.07. The Balaban J connectivity index is 0.00000196. The van der Waals surface area contributed by atoms with Crippen molar-refractivity contribution >= 4 is 24.3 Å². The molecule has 1 aromatic heterocycles. The number of carboxylic acid groups (broad SMARTS) is 1. The van der Waals surface area contributed by atoms with Gasteiger partial charge in [0.15, 0.2) is 0 Å². The van der Waals surface area contributed by atoms with Gasteiger partial charge >= 0.3 is 5.97 Å². The monoisotopic (exact) mass is 233 g/mol. The molecule has 0 saturated carbocycles. The Kier molecular flexibility index (Phi) is 4.80. The number of aliphatic carboxylic acids is 1. The van der Waals surface area contributed by atoms with Crippen molar-refractivity contribution in [2.24, 2.45) is 7.05 Å². The highest BCUT2D eigenvalue weighted by Gasteiger charge is 2.11. The van der Waals surface area contributed by atoms with Gasteiger partial charge in [-0.25, -0.2) is 0 Å². The van der Waals surface area contributed by atoms with Crippen LogP contribution in [0.25, 0.3) is 0 Å². The zero-order valence-corrected chi connectivity index (χ0v) is 9.17. The van der Waals surface area contributed by atoms with Crippen LogP contribution in [-0.2, 0) is 11.8 Å². The van der Waals surface area contributed by atoms with E-state index in [1.165, 1.54) is 4.68 Å². The summed E-state index contributed by atoms with van der Waals surface area (Å²) in [7, 11) is 1.63. The van der Waals surface area contributed by atoms with Gasteiger partial charge in [-0.3, -0.25) is 14.3 Å². The van der Waals surface area contributed by atoms with Crippen molar-refractivity contribution in [2.45, 2.75) is 6.92 Å². The minimum Gasteiger partial charge on any atom is -0.480 e. The molecule has 1 heterocycles. The normalized spacial score (nSPS) is 9.20. The average molecular weight is 234 g/mol. The molecule has 0 aliphatic heterocycles. The molecule has 0 fully saturated rings. The number of carboxylic acids is 1. The Bertz CT molecular complexity index is 375. The van der Waals surface area contributed by atoms with Gasteiger partial charge in [-0.15, -0.1) is 12.4 Å². The lowest BCUT2D eigenvalue weighted by Crippen LogP contribution is -2.30. The molecular formula is C8H12ClN3O3. The van der Waals surface area contributed by atoms with Crippen LogP contribution in [0.2, 0.25) is 0 Å². The number of hydrogen-bond donors (Lipinski definition) is 2. The molecule has 84 valence electrons.